The second kappa shape index (κ2) is 2.79. The molecule has 0 aromatic heterocycles. The summed E-state index contributed by atoms with van der Waals surface area (Å²) in [5, 5.41) is 8.38. The van der Waals surface area contributed by atoms with Crippen molar-refractivity contribution < 1.29 is 0 Å². The molecule has 0 saturated carbocycles. The molecule has 2 nitrogen and oxygen atoms in total. The minimum absolute atomic E-state index is 0.247. The van der Waals surface area contributed by atoms with Gasteiger partial charge in [-0.2, -0.15) is 5.26 Å². The largest absolute Gasteiger partial charge is 0.290 e. The van der Waals surface area contributed by atoms with Crippen LogP contribution in [0.2, 0.25) is 0 Å². The summed E-state index contributed by atoms with van der Waals surface area (Å²) in [4.78, 5) is 4.20. The van der Waals surface area contributed by atoms with Crippen LogP contribution in [0.15, 0.2) is 16.6 Å². The van der Waals surface area contributed by atoms with E-state index in [0.717, 1.165) is 6.54 Å². The summed E-state index contributed by atoms with van der Waals surface area (Å²) in [7, 11) is 0. The van der Waals surface area contributed by atoms with E-state index in [1.807, 2.05) is 12.1 Å². The fourth-order valence-corrected chi connectivity index (χ4v) is 1.06. The summed E-state index contributed by atoms with van der Waals surface area (Å²) in [6.45, 7) is 0.741. The van der Waals surface area contributed by atoms with Crippen molar-refractivity contribution in [1.29, 1.82) is 5.26 Å². The summed E-state index contributed by atoms with van der Waals surface area (Å²) in [6.07, 6.45) is 3.45. The lowest BCUT2D eigenvalue weighted by atomic mass is 10.2. The second-order valence-electron chi connectivity index (χ2n) is 1.74. The van der Waals surface area contributed by atoms with Gasteiger partial charge in [0.1, 0.15) is 6.07 Å². The van der Waals surface area contributed by atoms with Gasteiger partial charge in [-0.1, -0.05) is 15.9 Å². The molecule has 0 spiro atoms. The van der Waals surface area contributed by atoms with Gasteiger partial charge in [0, 0.05) is 6.21 Å². The lowest BCUT2D eigenvalue weighted by Gasteiger charge is -2.03. The summed E-state index contributed by atoms with van der Waals surface area (Å²) in [5.74, 6) is 0. The summed E-state index contributed by atoms with van der Waals surface area (Å²) < 4.78 is 0. The predicted octanol–water partition coefficient (Wildman–Crippen LogP) is 1.28. The van der Waals surface area contributed by atoms with Crippen molar-refractivity contribution in [3.8, 4) is 6.07 Å². The maximum absolute atomic E-state index is 8.38. The van der Waals surface area contributed by atoms with Gasteiger partial charge < -0.3 is 0 Å². The van der Waals surface area contributed by atoms with E-state index in [1.165, 1.54) is 0 Å². The average molecular weight is 185 g/mol. The fraction of sp³-hybridized carbons (Fsp3) is 0.333. The van der Waals surface area contributed by atoms with Crippen molar-refractivity contribution in [2.75, 3.05) is 6.54 Å². The van der Waals surface area contributed by atoms with E-state index >= 15 is 0 Å². The molecule has 9 heavy (non-hydrogen) atoms. The SMILES string of the molecule is N#CC1=CC(Br)CN=C1. The van der Waals surface area contributed by atoms with E-state index in [2.05, 4.69) is 20.9 Å². The van der Waals surface area contributed by atoms with Gasteiger partial charge in [0.05, 0.1) is 16.9 Å². The van der Waals surface area contributed by atoms with Crippen LogP contribution in [0.4, 0.5) is 0 Å². The topological polar surface area (TPSA) is 36.1 Å². The minimum atomic E-state index is 0.247. The number of nitrogens with zero attached hydrogens (tertiary/aromatic N) is 2. The van der Waals surface area contributed by atoms with Crippen LogP contribution in [0.3, 0.4) is 0 Å². The Kier molecular flexibility index (Phi) is 2.01. The van der Waals surface area contributed by atoms with Gasteiger partial charge in [0.15, 0.2) is 0 Å². The van der Waals surface area contributed by atoms with Crippen molar-refractivity contribution in [1.82, 2.24) is 0 Å². The summed E-state index contributed by atoms with van der Waals surface area (Å²) in [5.41, 5.74) is 0.642. The van der Waals surface area contributed by atoms with E-state index in [4.69, 9.17) is 5.26 Å². The molecular formula is C6H5BrN2. The molecule has 0 aromatic carbocycles. The molecule has 1 rings (SSSR count). The average Bonchev–Trinajstić information content (AvgIpc) is 1.88. The molecule has 0 aliphatic carbocycles. The first kappa shape index (κ1) is 6.50. The van der Waals surface area contributed by atoms with E-state index in [-0.39, 0.29) is 4.83 Å². The quantitative estimate of drug-likeness (QED) is 0.523. The van der Waals surface area contributed by atoms with Crippen LogP contribution in [0, 0.1) is 11.3 Å². The molecule has 0 aromatic rings. The maximum Gasteiger partial charge on any atom is 0.100 e. The van der Waals surface area contributed by atoms with Gasteiger partial charge in [-0.3, -0.25) is 4.99 Å². The van der Waals surface area contributed by atoms with Crippen molar-refractivity contribution in [2.24, 2.45) is 4.99 Å². The molecule has 1 aliphatic heterocycles. The molecular weight excluding hydrogens is 180 g/mol. The maximum atomic E-state index is 8.38. The molecule has 1 atom stereocenters. The molecule has 1 unspecified atom stereocenters. The molecule has 0 saturated heterocycles. The third-order valence-electron chi connectivity index (χ3n) is 1.000. The Morgan fingerprint density at radius 1 is 1.89 bits per heavy atom. The van der Waals surface area contributed by atoms with E-state index in [9.17, 15) is 0 Å². The number of alkyl halides is 1. The Balaban J connectivity index is 2.74. The van der Waals surface area contributed by atoms with Crippen LogP contribution in [0.1, 0.15) is 0 Å². The van der Waals surface area contributed by atoms with E-state index in [0.29, 0.717) is 5.57 Å². The van der Waals surface area contributed by atoms with Gasteiger partial charge in [-0.25, -0.2) is 0 Å². The van der Waals surface area contributed by atoms with E-state index in [1.54, 1.807) is 6.21 Å². The zero-order valence-corrected chi connectivity index (χ0v) is 6.30. The number of hydrogen-bond acceptors (Lipinski definition) is 2. The second-order valence-corrected chi connectivity index (χ2v) is 2.92. The highest BCUT2D eigenvalue weighted by molar-refractivity contribution is 9.09. The first-order valence-electron chi connectivity index (χ1n) is 2.59. The number of hydrogen-bond donors (Lipinski definition) is 0. The Hall–Kier alpha value is -0.620. The molecule has 46 valence electrons. The number of dihydropyridines is 1. The molecule has 0 bridgehead atoms. The highest BCUT2D eigenvalue weighted by atomic mass is 79.9. The third kappa shape index (κ3) is 1.65. The van der Waals surface area contributed by atoms with Crippen LogP contribution in [0.25, 0.3) is 0 Å². The molecule has 0 amide bonds. The molecule has 3 heteroatoms. The highest BCUT2D eigenvalue weighted by Gasteiger charge is 2.04. The zero-order chi connectivity index (χ0) is 6.69. The van der Waals surface area contributed by atoms with Crippen LogP contribution >= 0.6 is 15.9 Å². The smallest absolute Gasteiger partial charge is 0.100 e. The normalized spacial score (nSPS) is 24.9. The Morgan fingerprint density at radius 2 is 2.67 bits per heavy atom. The van der Waals surface area contributed by atoms with Crippen molar-refractivity contribution in [3.63, 3.8) is 0 Å². The fourth-order valence-electron chi connectivity index (χ4n) is 0.608. The number of halogens is 1. The lowest BCUT2D eigenvalue weighted by Crippen LogP contribution is -2.05. The van der Waals surface area contributed by atoms with Crippen LogP contribution in [0.5, 0.6) is 0 Å². The first-order chi connectivity index (χ1) is 4.33. The molecule has 1 heterocycles. The Bertz CT molecular complexity index is 200. The molecule has 1 aliphatic rings. The first-order valence-corrected chi connectivity index (χ1v) is 3.50. The van der Waals surface area contributed by atoms with Crippen LogP contribution < -0.4 is 0 Å². The highest BCUT2D eigenvalue weighted by Crippen LogP contribution is 2.08. The monoisotopic (exact) mass is 184 g/mol. The van der Waals surface area contributed by atoms with Gasteiger partial charge in [-0.05, 0) is 6.08 Å². The minimum Gasteiger partial charge on any atom is -0.290 e. The molecule has 0 N–H and O–H groups in total. The van der Waals surface area contributed by atoms with Gasteiger partial charge in [-0.15, -0.1) is 0 Å². The number of nitriles is 1. The number of rotatable bonds is 0. The lowest BCUT2D eigenvalue weighted by molar-refractivity contribution is 1.03. The third-order valence-corrected chi connectivity index (χ3v) is 1.55. The summed E-state index contributed by atoms with van der Waals surface area (Å²) >= 11 is 3.33. The Labute approximate surface area is 62.0 Å². The van der Waals surface area contributed by atoms with Gasteiger partial charge >= 0.3 is 0 Å². The van der Waals surface area contributed by atoms with Crippen molar-refractivity contribution in [2.45, 2.75) is 4.83 Å². The predicted molar refractivity (Wildman–Crippen MR) is 39.8 cm³/mol. The van der Waals surface area contributed by atoms with Gasteiger partial charge in [0.2, 0.25) is 0 Å². The molecule has 0 fully saturated rings. The molecule has 0 radical (unpaired) electrons. The number of aliphatic imine (C=N–C) groups is 1. The zero-order valence-electron chi connectivity index (χ0n) is 4.71. The number of allylic oxidation sites excluding steroid dienone is 1. The van der Waals surface area contributed by atoms with Crippen molar-refractivity contribution >= 4 is 22.1 Å². The van der Waals surface area contributed by atoms with Crippen LogP contribution in [-0.4, -0.2) is 17.6 Å². The summed E-state index contributed by atoms with van der Waals surface area (Å²) in [6, 6.07) is 2.02. The van der Waals surface area contributed by atoms with Crippen molar-refractivity contribution in [3.05, 3.63) is 11.6 Å². The van der Waals surface area contributed by atoms with Crippen LogP contribution in [-0.2, 0) is 0 Å². The van der Waals surface area contributed by atoms with Gasteiger partial charge in [0.25, 0.3) is 0 Å². The standard InChI is InChI=1S/C6H5BrN2/c7-6-1-5(2-8)3-9-4-6/h1,3,6H,4H2. The van der Waals surface area contributed by atoms with E-state index < -0.39 is 0 Å². The Morgan fingerprint density at radius 3 is 3.11 bits per heavy atom.